The molecule has 2 aromatic carbocycles. The van der Waals surface area contributed by atoms with Gasteiger partial charge in [0.15, 0.2) is 11.3 Å². The Bertz CT molecular complexity index is 1240. The minimum Gasteiger partial charge on any atom is -0.453 e. The number of rotatable bonds is 6. The Labute approximate surface area is 169 Å². The highest BCUT2D eigenvalue weighted by atomic mass is 32.2. The average Bonchev–Trinajstić information content (AvgIpc) is 3.47. The Morgan fingerprint density at radius 3 is 2.66 bits per heavy atom. The van der Waals surface area contributed by atoms with Crippen LogP contribution in [0.4, 0.5) is 0 Å². The standard InChI is InChI=1S/C21H15N3O4S/c25-20(12-29-21-23-15-6-2-4-8-17(15)27-21)22-11-14-10-19(28-24-14)18-9-13-5-1-3-7-16(13)26-18/h1-10H,11-12H2,(H,22,25). The van der Waals surface area contributed by atoms with E-state index in [4.69, 9.17) is 13.4 Å². The molecule has 144 valence electrons. The van der Waals surface area contributed by atoms with Gasteiger partial charge in [-0.1, -0.05) is 47.3 Å². The van der Waals surface area contributed by atoms with Crippen molar-refractivity contribution in [1.82, 2.24) is 15.5 Å². The molecule has 1 amide bonds. The van der Waals surface area contributed by atoms with Gasteiger partial charge in [0.25, 0.3) is 5.22 Å². The van der Waals surface area contributed by atoms with Crippen LogP contribution in [-0.4, -0.2) is 21.8 Å². The van der Waals surface area contributed by atoms with Gasteiger partial charge in [0, 0.05) is 11.5 Å². The summed E-state index contributed by atoms with van der Waals surface area (Å²) in [6.45, 7) is 0.261. The summed E-state index contributed by atoms with van der Waals surface area (Å²) in [5.41, 5.74) is 2.87. The molecule has 5 aromatic rings. The van der Waals surface area contributed by atoms with Crippen LogP contribution in [0.3, 0.4) is 0 Å². The van der Waals surface area contributed by atoms with E-state index in [0.717, 1.165) is 16.5 Å². The first-order valence-corrected chi connectivity index (χ1v) is 9.93. The lowest BCUT2D eigenvalue weighted by Crippen LogP contribution is -2.24. The third-order valence-electron chi connectivity index (χ3n) is 4.30. The van der Waals surface area contributed by atoms with E-state index in [0.29, 0.717) is 28.0 Å². The molecule has 8 heteroatoms. The minimum atomic E-state index is -0.148. The van der Waals surface area contributed by atoms with E-state index in [1.54, 1.807) is 6.07 Å². The molecular formula is C21H15N3O4S. The molecule has 0 aliphatic carbocycles. The summed E-state index contributed by atoms with van der Waals surface area (Å²) < 4.78 is 16.7. The number of oxazole rings is 1. The highest BCUT2D eigenvalue weighted by molar-refractivity contribution is 7.99. The molecule has 5 rings (SSSR count). The van der Waals surface area contributed by atoms with Gasteiger partial charge < -0.3 is 18.7 Å². The monoisotopic (exact) mass is 405 g/mol. The van der Waals surface area contributed by atoms with Crippen molar-refractivity contribution in [3.05, 3.63) is 66.4 Å². The molecule has 0 unspecified atom stereocenters. The number of nitrogens with zero attached hydrogens (tertiary/aromatic N) is 2. The fraction of sp³-hybridized carbons (Fsp3) is 0.0952. The summed E-state index contributed by atoms with van der Waals surface area (Å²) in [5.74, 6) is 1.17. The molecule has 0 atom stereocenters. The molecule has 0 saturated heterocycles. The van der Waals surface area contributed by atoms with Crippen molar-refractivity contribution >= 4 is 39.7 Å². The SMILES string of the molecule is O=C(CSc1nc2ccccc2o1)NCc1cc(-c2cc3ccccc3o2)on1. The highest BCUT2D eigenvalue weighted by Gasteiger charge is 2.13. The number of nitrogens with one attached hydrogen (secondary N) is 1. The average molecular weight is 405 g/mol. The normalized spacial score (nSPS) is 11.3. The topological polar surface area (TPSA) is 94.3 Å². The fourth-order valence-corrected chi connectivity index (χ4v) is 3.56. The second-order valence-corrected chi connectivity index (χ2v) is 7.27. The molecule has 3 heterocycles. The summed E-state index contributed by atoms with van der Waals surface area (Å²) >= 11 is 1.25. The number of benzene rings is 2. The van der Waals surface area contributed by atoms with Gasteiger partial charge in [0.2, 0.25) is 11.7 Å². The summed E-state index contributed by atoms with van der Waals surface area (Å²) in [7, 11) is 0. The maximum Gasteiger partial charge on any atom is 0.257 e. The largest absolute Gasteiger partial charge is 0.453 e. The predicted molar refractivity (Wildman–Crippen MR) is 108 cm³/mol. The lowest BCUT2D eigenvalue weighted by Gasteiger charge is -2.00. The minimum absolute atomic E-state index is 0.148. The van der Waals surface area contributed by atoms with E-state index < -0.39 is 0 Å². The smallest absolute Gasteiger partial charge is 0.257 e. The molecule has 0 bridgehead atoms. The van der Waals surface area contributed by atoms with E-state index in [9.17, 15) is 4.79 Å². The first-order valence-electron chi connectivity index (χ1n) is 8.94. The van der Waals surface area contributed by atoms with Crippen molar-refractivity contribution in [2.45, 2.75) is 11.8 Å². The number of hydrogen-bond acceptors (Lipinski definition) is 7. The third kappa shape index (κ3) is 3.74. The zero-order valence-electron chi connectivity index (χ0n) is 15.1. The summed E-state index contributed by atoms with van der Waals surface area (Å²) in [6.07, 6.45) is 0. The Morgan fingerprint density at radius 2 is 1.79 bits per heavy atom. The van der Waals surface area contributed by atoms with Gasteiger partial charge in [0.05, 0.1) is 12.3 Å². The second kappa shape index (κ2) is 7.48. The number of para-hydroxylation sites is 3. The molecule has 0 fully saturated rings. The van der Waals surface area contributed by atoms with Gasteiger partial charge in [-0.05, 0) is 24.3 Å². The molecule has 0 aliphatic heterocycles. The van der Waals surface area contributed by atoms with Crippen LogP contribution >= 0.6 is 11.8 Å². The highest BCUT2D eigenvalue weighted by Crippen LogP contribution is 2.28. The quantitative estimate of drug-likeness (QED) is 0.411. The molecule has 0 radical (unpaired) electrons. The van der Waals surface area contributed by atoms with Crippen LogP contribution in [-0.2, 0) is 11.3 Å². The van der Waals surface area contributed by atoms with Crippen molar-refractivity contribution in [3.8, 4) is 11.5 Å². The number of hydrogen-bond donors (Lipinski definition) is 1. The molecule has 0 saturated carbocycles. The van der Waals surface area contributed by atoms with Crippen LogP contribution < -0.4 is 5.32 Å². The zero-order valence-corrected chi connectivity index (χ0v) is 15.9. The predicted octanol–water partition coefficient (Wildman–Crippen LogP) is 4.64. The van der Waals surface area contributed by atoms with Crippen LogP contribution in [0.5, 0.6) is 0 Å². The molecular weight excluding hydrogens is 390 g/mol. The summed E-state index contributed by atoms with van der Waals surface area (Å²) in [5, 5.41) is 8.26. The van der Waals surface area contributed by atoms with Crippen LogP contribution in [0.25, 0.3) is 33.6 Å². The first kappa shape index (κ1) is 17.6. The number of amides is 1. The van der Waals surface area contributed by atoms with Crippen molar-refractivity contribution in [2.24, 2.45) is 0 Å². The van der Waals surface area contributed by atoms with Crippen molar-refractivity contribution in [2.75, 3.05) is 5.75 Å². The van der Waals surface area contributed by atoms with Gasteiger partial charge in [-0.2, -0.15) is 0 Å². The number of furan rings is 1. The van der Waals surface area contributed by atoms with Gasteiger partial charge in [0.1, 0.15) is 16.8 Å². The summed E-state index contributed by atoms with van der Waals surface area (Å²) in [6, 6.07) is 18.9. The summed E-state index contributed by atoms with van der Waals surface area (Å²) in [4.78, 5) is 16.5. The van der Waals surface area contributed by atoms with E-state index in [-0.39, 0.29) is 18.2 Å². The number of carbonyl (C=O) groups is 1. The Morgan fingerprint density at radius 1 is 0.966 bits per heavy atom. The van der Waals surface area contributed by atoms with Crippen molar-refractivity contribution < 1.29 is 18.2 Å². The molecule has 1 N–H and O–H groups in total. The van der Waals surface area contributed by atoms with Crippen LogP contribution in [0.1, 0.15) is 5.69 Å². The number of fused-ring (bicyclic) bond motifs is 2. The molecule has 3 aromatic heterocycles. The Hall–Kier alpha value is -3.52. The Kier molecular flexibility index (Phi) is 4.53. The first-order chi connectivity index (χ1) is 14.2. The molecule has 7 nitrogen and oxygen atoms in total. The van der Waals surface area contributed by atoms with Gasteiger partial charge in [-0.3, -0.25) is 4.79 Å². The van der Waals surface area contributed by atoms with Gasteiger partial charge >= 0.3 is 0 Å². The fourth-order valence-electron chi connectivity index (χ4n) is 2.89. The lowest BCUT2D eigenvalue weighted by molar-refractivity contribution is -0.118. The van der Waals surface area contributed by atoms with Gasteiger partial charge in [-0.25, -0.2) is 4.98 Å². The number of aromatic nitrogens is 2. The van der Waals surface area contributed by atoms with E-state index in [1.807, 2.05) is 54.6 Å². The second-order valence-electron chi connectivity index (χ2n) is 6.34. The molecule has 29 heavy (non-hydrogen) atoms. The zero-order chi connectivity index (χ0) is 19.6. The van der Waals surface area contributed by atoms with E-state index >= 15 is 0 Å². The van der Waals surface area contributed by atoms with E-state index in [2.05, 4.69) is 15.5 Å². The van der Waals surface area contributed by atoms with Crippen LogP contribution in [0.2, 0.25) is 0 Å². The number of thioether (sulfide) groups is 1. The molecule has 0 spiro atoms. The third-order valence-corrected chi connectivity index (χ3v) is 5.12. The molecule has 0 aliphatic rings. The van der Waals surface area contributed by atoms with Crippen LogP contribution in [0.15, 0.2) is 79.2 Å². The van der Waals surface area contributed by atoms with Crippen molar-refractivity contribution in [1.29, 1.82) is 0 Å². The van der Waals surface area contributed by atoms with Gasteiger partial charge in [-0.15, -0.1) is 0 Å². The van der Waals surface area contributed by atoms with Crippen molar-refractivity contribution in [3.63, 3.8) is 0 Å². The maximum absolute atomic E-state index is 12.1. The lowest BCUT2D eigenvalue weighted by atomic mass is 10.2. The van der Waals surface area contributed by atoms with E-state index in [1.165, 1.54) is 11.8 Å². The Balaban J connectivity index is 1.17. The number of carbonyl (C=O) groups excluding carboxylic acids is 1. The maximum atomic E-state index is 12.1. The van der Waals surface area contributed by atoms with Crippen LogP contribution in [0, 0.1) is 0 Å².